The smallest absolute Gasteiger partial charge is 0.336 e. The van der Waals surface area contributed by atoms with Crippen molar-refractivity contribution in [1.82, 2.24) is 0 Å². The van der Waals surface area contributed by atoms with Gasteiger partial charge < -0.3 is 28.8 Å². The molecule has 1 heterocycles. The molecule has 1 aromatic carbocycles. The number of aliphatic hydroxyl groups is 1. The van der Waals surface area contributed by atoms with Crippen LogP contribution < -0.4 is 0 Å². The monoisotopic (exact) mass is 670 g/mol. The van der Waals surface area contributed by atoms with E-state index in [9.17, 15) is 27.6 Å². The van der Waals surface area contributed by atoms with Gasteiger partial charge in [-0.3, -0.25) is 4.18 Å². The Morgan fingerprint density at radius 3 is 1.72 bits per heavy atom. The molecule has 1 aliphatic rings. The molecule has 1 unspecified atom stereocenters. The van der Waals surface area contributed by atoms with Gasteiger partial charge in [-0.2, -0.15) is 8.42 Å². The Balaban J connectivity index is 0. The maximum Gasteiger partial charge on any atom is 0.336 e. The molecule has 2 rings (SSSR count). The summed E-state index contributed by atoms with van der Waals surface area (Å²) in [5.41, 5.74) is 2.30. The Morgan fingerprint density at radius 2 is 1.33 bits per heavy atom. The van der Waals surface area contributed by atoms with Gasteiger partial charge in [0.25, 0.3) is 10.1 Å². The summed E-state index contributed by atoms with van der Waals surface area (Å²) in [4.78, 5) is 42.7. The van der Waals surface area contributed by atoms with Gasteiger partial charge in [0, 0.05) is 16.7 Å². The van der Waals surface area contributed by atoms with Crippen molar-refractivity contribution in [3.8, 4) is 0 Å². The SMILES string of the molecule is C=C(C)C(=O)OC.C=C(C)C(=O)OCC1CO1.C=C(C)C(=O)OCCOS(=O)(=O)c1ccc(C)cc1.CCCOC(=O)C(C)=CO. The summed E-state index contributed by atoms with van der Waals surface area (Å²) in [5.74, 6) is -1.71. The van der Waals surface area contributed by atoms with Crippen molar-refractivity contribution in [2.24, 2.45) is 0 Å². The predicted molar refractivity (Wildman–Crippen MR) is 170 cm³/mol. The molecule has 1 N–H and O–H groups in total. The van der Waals surface area contributed by atoms with Crippen LogP contribution in [0.5, 0.6) is 0 Å². The Hall–Kier alpha value is -4.27. The molecule has 0 saturated carbocycles. The molecular weight excluding hydrogens is 624 g/mol. The molecule has 0 aromatic heterocycles. The van der Waals surface area contributed by atoms with Crippen LogP contribution in [-0.4, -0.2) is 83.6 Å². The Kier molecular flexibility index (Phi) is 22.9. The third-order valence-electron chi connectivity index (χ3n) is 4.85. The zero-order valence-electron chi connectivity index (χ0n) is 27.6. The molecule has 0 amide bonds. The molecule has 1 aliphatic heterocycles. The van der Waals surface area contributed by atoms with Crippen molar-refractivity contribution in [3.05, 3.63) is 78.1 Å². The molecule has 1 saturated heterocycles. The van der Waals surface area contributed by atoms with Crippen LogP contribution in [0, 0.1) is 6.92 Å². The Bertz CT molecular complexity index is 1310. The molecule has 14 heteroatoms. The van der Waals surface area contributed by atoms with E-state index < -0.39 is 22.1 Å². The number of hydrogen-bond donors (Lipinski definition) is 1. The second-order valence-corrected chi connectivity index (χ2v) is 11.2. The van der Waals surface area contributed by atoms with Crippen molar-refractivity contribution >= 4 is 34.0 Å². The summed E-state index contributed by atoms with van der Waals surface area (Å²) in [7, 11) is -2.48. The van der Waals surface area contributed by atoms with E-state index in [0.29, 0.717) is 31.0 Å². The summed E-state index contributed by atoms with van der Waals surface area (Å²) in [6.45, 7) is 21.3. The fraction of sp³-hybridized carbons (Fsp3) is 0.438. The van der Waals surface area contributed by atoms with E-state index in [1.54, 1.807) is 26.0 Å². The summed E-state index contributed by atoms with van der Waals surface area (Å²) in [5, 5.41) is 8.34. The number of hydrogen-bond acceptors (Lipinski definition) is 13. The van der Waals surface area contributed by atoms with Crippen molar-refractivity contribution in [2.75, 3.05) is 40.1 Å². The zero-order valence-corrected chi connectivity index (χ0v) is 28.4. The normalized spacial score (nSPS) is 12.9. The van der Waals surface area contributed by atoms with Crippen molar-refractivity contribution in [3.63, 3.8) is 0 Å². The van der Waals surface area contributed by atoms with Crippen LogP contribution >= 0.6 is 0 Å². The number of aliphatic hydroxyl groups excluding tert-OH is 1. The number of benzene rings is 1. The third-order valence-corrected chi connectivity index (χ3v) is 6.18. The van der Waals surface area contributed by atoms with E-state index in [2.05, 4.69) is 29.2 Å². The van der Waals surface area contributed by atoms with Crippen LogP contribution in [0.25, 0.3) is 0 Å². The average molecular weight is 671 g/mol. The van der Waals surface area contributed by atoms with Crippen LogP contribution in [0.3, 0.4) is 0 Å². The predicted octanol–water partition coefficient (Wildman–Crippen LogP) is 4.46. The zero-order chi connectivity index (χ0) is 35.9. The van der Waals surface area contributed by atoms with Crippen LogP contribution in [-0.2, 0) is 57.2 Å². The number of methoxy groups -OCH3 is 1. The molecule has 13 nitrogen and oxygen atoms in total. The largest absolute Gasteiger partial charge is 0.515 e. The highest BCUT2D eigenvalue weighted by atomic mass is 32.2. The number of aryl methyl sites for hydroxylation is 1. The number of esters is 4. The number of rotatable bonds is 13. The second kappa shape index (κ2) is 24.0. The van der Waals surface area contributed by atoms with E-state index in [0.717, 1.165) is 18.2 Å². The van der Waals surface area contributed by atoms with Gasteiger partial charge in [-0.1, -0.05) is 44.4 Å². The molecule has 0 radical (unpaired) electrons. The molecule has 1 atom stereocenters. The van der Waals surface area contributed by atoms with Crippen LogP contribution in [0.4, 0.5) is 0 Å². The molecule has 0 bridgehead atoms. The topological polar surface area (TPSA) is 181 Å². The highest BCUT2D eigenvalue weighted by molar-refractivity contribution is 7.86. The van der Waals surface area contributed by atoms with Gasteiger partial charge in [0.1, 0.15) is 25.9 Å². The third kappa shape index (κ3) is 22.3. The molecule has 1 fully saturated rings. The lowest BCUT2D eigenvalue weighted by Crippen LogP contribution is -2.14. The van der Waals surface area contributed by atoms with Crippen molar-refractivity contribution in [1.29, 1.82) is 0 Å². The lowest BCUT2D eigenvalue weighted by Gasteiger charge is -2.07. The van der Waals surface area contributed by atoms with Crippen molar-refractivity contribution in [2.45, 2.75) is 59.0 Å². The van der Waals surface area contributed by atoms with Gasteiger partial charge in [-0.15, -0.1) is 0 Å². The first kappa shape index (κ1) is 43.9. The van der Waals surface area contributed by atoms with E-state index >= 15 is 0 Å². The maximum atomic E-state index is 11.7. The van der Waals surface area contributed by atoms with E-state index in [1.165, 1.54) is 33.1 Å². The lowest BCUT2D eigenvalue weighted by molar-refractivity contribution is -0.140. The minimum atomic E-state index is -3.81. The Morgan fingerprint density at radius 1 is 0.848 bits per heavy atom. The summed E-state index contributed by atoms with van der Waals surface area (Å²) in [6.07, 6.45) is 1.69. The minimum absolute atomic E-state index is 0.0735. The quantitative estimate of drug-likeness (QED) is 0.0591. The van der Waals surface area contributed by atoms with Crippen LogP contribution in [0.15, 0.2) is 77.5 Å². The highest BCUT2D eigenvalue weighted by Crippen LogP contribution is 2.13. The van der Waals surface area contributed by atoms with E-state index in [-0.39, 0.29) is 47.3 Å². The van der Waals surface area contributed by atoms with Gasteiger partial charge >= 0.3 is 23.9 Å². The molecular formula is C32H46O13S. The highest BCUT2D eigenvalue weighted by Gasteiger charge is 2.24. The summed E-state index contributed by atoms with van der Waals surface area (Å²) >= 11 is 0. The summed E-state index contributed by atoms with van der Waals surface area (Å²) < 4.78 is 51.5. The fourth-order valence-electron chi connectivity index (χ4n) is 2.17. The van der Waals surface area contributed by atoms with Gasteiger partial charge in [0.05, 0.1) is 37.1 Å². The molecule has 1 aromatic rings. The van der Waals surface area contributed by atoms with Gasteiger partial charge in [-0.05, 0) is 53.2 Å². The number of carbonyl (C=O) groups excluding carboxylic acids is 4. The van der Waals surface area contributed by atoms with Crippen molar-refractivity contribution < 1.29 is 60.6 Å². The number of ether oxygens (including phenoxy) is 5. The molecule has 258 valence electrons. The molecule has 46 heavy (non-hydrogen) atoms. The van der Waals surface area contributed by atoms with E-state index in [1.807, 2.05) is 13.8 Å². The maximum absolute atomic E-state index is 11.7. The fourth-order valence-corrected chi connectivity index (χ4v) is 3.06. The standard InChI is InChI=1S/C13H16O5S.C7H10O3.C7H12O3.C5H8O2/c1-10(2)13(14)17-8-9-18-19(15,16)12-6-4-11(3)5-7-12;1-5(2)7(8)10-4-6-3-9-6;1-3-4-10-7(9)6(2)5-8;1-4(2)5(6)7-3/h4-7H,1,8-9H2,2-3H3;6H,1,3-4H2,2H3;5,8H,3-4H2,1-2H3;1H2,2-3H3. The van der Waals surface area contributed by atoms with Gasteiger partial charge in [0.2, 0.25) is 0 Å². The first-order chi connectivity index (χ1) is 21.4. The minimum Gasteiger partial charge on any atom is -0.515 e. The van der Waals surface area contributed by atoms with E-state index in [4.69, 9.17) is 23.5 Å². The van der Waals surface area contributed by atoms with Gasteiger partial charge in [-0.25, -0.2) is 19.2 Å². The second-order valence-electron chi connectivity index (χ2n) is 9.56. The molecule has 0 aliphatic carbocycles. The molecule has 0 spiro atoms. The average Bonchev–Trinajstić information content (AvgIpc) is 3.85. The van der Waals surface area contributed by atoms with Crippen LogP contribution in [0.1, 0.15) is 46.6 Å². The number of carbonyl (C=O) groups is 4. The number of epoxide rings is 1. The first-order valence-electron chi connectivity index (χ1n) is 13.9. The van der Waals surface area contributed by atoms with Gasteiger partial charge in [0.15, 0.2) is 0 Å². The lowest BCUT2D eigenvalue weighted by atomic mass is 10.2. The Labute approximate surface area is 271 Å². The summed E-state index contributed by atoms with van der Waals surface area (Å²) in [6, 6.07) is 6.28. The van der Waals surface area contributed by atoms with Crippen LogP contribution in [0.2, 0.25) is 0 Å². The first-order valence-corrected chi connectivity index (χ1v) is 15.3.